The number of carbonyl (C=O) groups excluding carboxylic acids is 2. The Morgan fingerprint density at radius 1 is 1.27 bits per heavy atom. The van der Waals surface area contributed by atoms with Crippen LogP contribution in [0.15, 0.2) is 29.6 Å². The Labute approximate surface area is 158 Å². The van der Waals surface area contributed by atoms with E-state index in [1.54, 1.807) is 17.2 Å². The van der Waals surface area contributed by atoms with Gasteiger partial charge in [-0.25, -0.2) is 14.6 Å². The Morgan fingerprint density at radius 3 is 2.77 bits per heavy atom. The number of aromatic nitrogens is 1. The van der Waals surface area contributed by atoms with E-state index in [0.717, 1.165) is 18.5 Å². The van der Waals surface area contributed by atoms with E-state index in [-0.39, 0.29) is 6.03 Å². The molecular weight excluding hydrogens is 350 g/mol. The monoisotopic (exact) mass is 375 g/mol. The van der Waals surface area contributed by atoms with Gasteiger partial charge >= 0.3 is 12.0 Å². The number of carbonyl (C=O) groups is 2. The molecule has 0 aliphatic rings. The molecule has 0 fully saturated rings. The quantitative estimate of drug-likeness (QED) is 0.697. The third-order valence-corrected chi connectivity index (χ3v) is 4.56. The van der Waals surface area contributed by atoms with Crippen molar-refractivity contribution in [3.05, 3.63) is 45.9 Å². The van der Waals surface area contributed by atoms with Crippen molar-refractivity contribution in [3.8, 4) is 0 Å². The summed E-state index contributed by atoms with van der Waals surface area (Å²) in [7, 11) is 0. The molecule has 0 aliphatic heterocycles. The maximum atomic E-state index is 12.6. The fraction of sp³-hybridized carbons (Fsp3) is 0.421. The third kappa shape index (κ3) is 5.56. The van der Waals surface area contributed by atoms with E-state index < -0.39 is 5.97 Å². The van der Waals surface area contributed by atoms with Gasteiger partial charge in [0, 0.05) is 17.6 Å². The van der Waals surface area contributed by atoms with Crippen molar-refractivity contribution in [1.82, 2.24) is 9.88 Å². The van der Waals surface area contributed by atoms with Crippen LogP contribution in [0.5, 0.6) is 0 Å². The number of rotatable bonds is 8. The van der Waals surface area contributed by atoms with Gasteiger partial charge in [0.1, 0.15) is 5.01 Å². The van der Waals surface area contributed by atoms with Crippen LogP contribution in [0.1, 0.15) is 48.3 Å². The van der Waals surface area contributed by atoms with E-state index in [1.165, 1.54) is 16.9 Å². The van der Waals surface area contributed by atoms with Crippen LogP contribution in [0.2, 0.25) is 0 Å². The molecule has 0 saturated carbocycles. The largest absolute Gasteiger partial charge is 0.461 e. The van der Waals surface area contributed by atoms with Crippen molar-refractivity contribution in [1.29, 1.82) is 0 Å². The Hall–Kier alpha value is -2.41. The number of hydrogen-bond donors (Lipinski definition) is 1. The van der Waals surface area contributed by atoms with Crippen molar-refractivity contribution in [3.63, 3.8) is 0 Å². The van der Waals surface area contributed by atoms with Gasteiger partial charge in [-0.05, 0) is 37.5 Å². The Bertz CT molecular complexity index is 745. The summed E-state index contributed by atoms with van der Waals surface area (Å²) in [5, 5.41) is 5.32. The standard InChI is InChI=1S/C19H25N3O3S/c1-4-10-22(12-17-21-16(13-26-17)18(23)25-6-3)19(24)20-15-9-7-8-14(5-2)11-15/h7-9,11,13H,4-6,10,12H2,1-3H3,(H,20,24). The highest BCUT2D eigenvalue weighted by atomic mass is 32.1. The zero-order valence-electron chi connectivity index (χ0n) is 15.4. The molecule has 0 spiro atoms. The summed E-state index contributed by atoms with van der Waals surface area (Å²) < 4.78 is 4.95. The smallest absolute Gasteiger partial charge is 0.357 e. The Kier molecular flexibility index (Phi) is 7.59. The van der Waals surface area contributed by atoms with Crippen LogP contribution in [0.4, 0.5) is 10.5 Å². The van der Waals surface area contributed by atoms with Crippen LogP contribution >= 0.6 is 11.3 Å². The molecule has 0 radical (unpaired) electrons. The minimum absolute atomic E-state index is 0.173. The molecular formula is C19H25N3O3S. The first kappa shape index (κ1) is 19.9. The van der Waals surface area contributed by atoms with Crippen molar-refractivity contribution < 1.29 is 14.3 Å². The number of urea groups is 1. The van der Waals surface area contributed by atoms with Crippen molar-refractivity contribution in [2.75, 3.05) is 18.5 Å². The summed E-state index contributed by atoms with van der Waals surface area (Å²) in [5.74, 6) is -0.433. The first-order valence-electron chi connectivity index (χ1n) is 8.83. The highest BCUT2D eigenvalue weighted by Crippen LogP contribution is 2.16. The molecule has 1 heterocycles. The number of thiazole rings is 1. The fourth-order valence-corrected chi connectivity index (χ4v) is 3.22. The zero-order chi connectivity index (χ0) is 18.9. The van der Waals surface area contributed by atoms with Crippen LogP contribution in [0, 0.1) is 0 Å². The molecule has 0 bridgehead atoms. The minimum atomic E-state index is -0.433. The lowest BCUT2D eigenvalue weighted by atomic mass is 10.1. The van der Waals surface area contributed by atoms with Crippen molar-refractivity contribution in [2.24, 2.45) is 0 Å². The van der Waals surface area contributed by atoms with Gasteiger partial charge in [-0.1, -0.05) is 26.0 Å². The molecule has 2 aromatic rings. The lowest BCUT2D eigenvalue weighted by Gasteiger charge is -2.21. The van der Waals surface area contributed by atoms with Gasteiger partial charge in [-0.15, -0.1) is 11.3 Å². The first-order chi connectivity index (χ1) is 12.6. The van der Waals surface area contributed by atoms with Gasteiger partial charge in [-0.2, -0.15) is 0 Å². The van der Waals surface area contributed by atoms with Gasteiger partial charge in [-0.3, -0.25) is 0 Å². The summed E-state index contributed by atoms with van der Waals surface area (Å²) in [6, 6.07) is 7.65. The SMILES string of the molecule is CCCN(Cc1nc(C(=O)OCC)cs1)C(=O)Nc1cccc(CC)c1. The second kappa shape index (κ2) is 9.91. The molecule has 26 heavy (non-hydrogen) atoms. The molecule has 7 heteroatoms. The lowest BCUT2D eigenvalue weighted by Crippen LogP contribution is -2.35. The normalized spacial score (nSPS) is 10.4. The van der Waals surface area contributed by atoms with Gasteiger partial charge in [0.2, 0.25) is 0 Å². The molecule has 0 atom stereocenters. The molecule has 1 N–H and O–H groups in total. The number of nitrogens with one attached hydrogen (secondary N) is 1. The number of aryl methyl sites for hydroxylation is 1. The predicted molar refractivity (Wildman–Crippen MR) is 104 cm³/mol. The third-order valence-electron chi connectivity index (χ3n) is 3.73. The van der Waals surface area contributed by atoms with E-state index in [4.69, 9.17) is 4.74 Å². The van der Waals surface area contributed by atoms with Crippen molar-refractivity contribution in [2.45, 2.75) is 40.2 Å². The van der Waals surface area contributed by atoms with E-state index in [0.29, 0.717) is 30.4 Å². The van der Waals surface area contributed by atoms with Gasteiger partial charge < -0.3 is 15.0 Å². The van der Waals surface area contributed by atoms with Crippen molar-refractivity contribution >= 4 is 29.0 Å². The maximum absolute atomic E-state index is 12.6. The number of esters is 1. The molecule has 1 aromatic carbocycles. The average molecular weight is 375 g/mol. The van der Waals surface area contributed by atoms with E-state index in [2.05, 4.69) is 17.2 Å². The van der Waals surface area contributed by atoms with Gasteiger partial charge in [0.25, 0.3) is 0 Å². The molecule has 2 amide bonds. The summed E-state index contributed by atoms with van der Waals surface area (Å²) >= 11 is 1.35. The molecule has 0 unspecified atom stereocenters. The summed E-state index contributed by atoms with van der Waals surface area (Å²) in [6.45, 7) is 7.13. The average Bonchev–Trinajstić information content (AvgIpc) is 3.10. The topological polar surface area (TPSA) is 71.5 Å². The minimum Gasteiger partial charge on any atom is -0.461 e. The summed E-state index contributed by atoms with van der Waals surface area (Å²) in [5.41, 5.74) is 2.24. The fourth-order valence-electron chi connectivity index (χ4n) is 2.44. The predicted octanol–water partition coefficient (Wildman–Crippen LogP) is 4.33. The molecule has 140 valence electrons. The van der Waals surface area contributed by atoms with E-state index in [9.17, 15) is 9.59 Å². The lowest BCUT2D eigenvalue weighted by molar-refractivity contribution is 0.0520. The van der Waals surface area contributed by atoms with Gasteiger partial charge in [0.15, 0.2) is 5.69 Å². The molecule has 6 nitrogen and oxygen atoms in total. The molecule has 0 saturated heterocycles. The van der Waals surface area contributed by atoms with E-state index >= 15 is 0 Å². The van der Waals surface area contributed by atoms with Crippen LogP contribution < -0.4 is 5.32 Å². The van der Waals surface area contributed by atoms with Crippen LogP contribution in [-0.2, 0) is 17.7 Å². The number of anilines is 1. The molecule has 0 aliphatic carbocycles. The highest BCUT2D eigenvalue weighted by molar-refractivity contribution is 7.09. The number of nitrogens with zero attached hydrogens (tertiary/aromatic N) is 2. The Balaban J connectivity index is 2.05. The second-order valence-electron chi connectivity index (χ2n) is 5.75. The molecule has 1 aromatic heterocycles. The number of benzene rings is 1. The van der Waals surface area contributed by atoms with Gasteiger partial charge in [0.05, 0.1) is 13.2 Å². The maximum Gasteiger partial charge on any atom is 0.357 e. The number of amides is 2. The van der Waals surface area contributed by atoms with E-state index in [1.807, 2.05) is 31.2 Å². The zero-order valence-corrected chi connectivity index (χ0v) is 16.3. The van der Waals surface area contributed by atoms with Crippen LogP contribution in [0.3, 0.4) is 0 Å². The van der Waals surface area contributed by atoms with Crippen LogP contribution in [0.25, 0.3) is 0 Å². The number of ether oxygens (including phenoxy) is 1. The summed E-state index contributed by atoms with van der Waals surface area (Å²) in [4.78, 5) is 30.4. The molecule has 2 rings (SSSR count). The highest BCUT2D eigenvalue weighted by Gasteiger charge is 2.17. The number of hydrogen-bond acceptors (Lipinski definition) is 5. The van der Waals surface area contributed by atoms with Crippen LogP contribution in [-0.4, -0.2) is 35.0 Å². The second-order valence-corrected chi connectivity index (χ2v) is 6.70. The first-order valence-corrected chi connectivity index (χ1v) is 9.71. The Morgan fingerprint density at radius 2 is 2.08 bits per heavy atom. The summed E-state index contributed by atoms with van der Waals surface area (Å²) in [6.07, 6.45) is 1.75.